The molecule has 50 heavy (non-hydrogen) atoms. The first kappa shape index (κ1) is 35.1. The number of aryl methyl sites for hydroxylation is 2. The summed E-state index contributed by atoms with van der Waals surface area (Å²) in [4.78, 5) is 44.6. The van der Waals surface area contributed by atoms with E-state index in [4.69, 9.17) is 4.74 Å². The Labute approximate surface area is 295 Å². The maximum atomic E-state index is 15.2. The van der Waals surface area contributed by atoms with E-state index >= 15 is 4.79 Å². The zero-order chi connectivity index (χ0) is 34.9. The highest BCUT2D eigenvalue weighted by Crippen LogP contribution is 2.49. The third-order valence-electron chi connectivity index (χ3n) is 10.5. The second kappa shape index (κ2) is 16.3. The summed E-state index contributed by atoms with van der Waals surface area (Å²) in [5.41, 5.74) is 3.64. The lowest BCUT2D eigenvalue weighted by Gasteiger charge is -2.39. The maximum Gasteiger partial charge on any atom is 0.247 e. The lowest BCUT2D eigenvalue weighted by molar-refractivity contribution is -0.150. The summed E-state index contributed by atoms with van der Waals surface area (Å²) in [5, 5.41) is 9.33. The monoisotopic (exact) mass is 672 g/mol. The fourth-order valence-electron chi connectivity index (χ4n) is 7.57. The van der Waals surface area contributed by atoms with Gasteiger partial charge in [-0.3, -0.25) is 14.4 Å². The molecule has 260 valence electrons. The minimum absolute atomic E-state index is 0.223. The molecule has 4 aromatic rings. The van der Waals surface area contributed by atoms with Crippen LogP contribution in [0.15, 0.2) is 121 Å². The van der Waals surface area contributed by atoms with E-state index in [-0.39, 0.29) is 17.7 Å². The van der Waals surface area contributed by atoms with Gasteiger partial charge in [-0.2, -0.15) is 0 Å². The Morgan fingerprint density at radius 3 is 1.80 bits per heavy atom. The molecular weight excluding hydrogens is 624 g/mol. The third kappa shape index (κ3) is 7.98. The summed E-state index contributed by atoms with van der Waals surface area (Å²) in [7, 11) is 1.71. The topological polar surface area (TPSA) is 99.8 Å². The number of ether oxygens (including phenoxy) is 1. The zero-order valence-corrected chi connectivity index (χ0v) is 29.0. The predicted molar refractivity (Wildman–Crippen MR) is 195 cm³/mol. The molecule has 2 fully saturated rings. The molecule has 2 saturated heterocycles. The van der Waals surface area contributed by atoms with Crippen molar-refractivity contribution >= 4 is 17.7 Å². The number of rotatable bonds is 13. The van der Waals surface area contributed by atoms with Crippen LogP contribution in [0.2, 0.25) is 0 Å². The van der Waals surface area contributed by atoms with E-state index in [2.05, 4.69) is 40.2 Å². The second-order valence-corrected chi connectivity index (χ2v) is 13.6. The van der Waals surface area contributed by atoms with Gasteiger partial charge in [0.25, 0.3) is 0 Å². The van der Waals surface area contributed by atoms with Gasteiger partial charge in [0.15, 0.2) is 0 Å². The Hall–Kier alpha value is -4.79. The Balaban J connectivity index is 1.42. The summed E-state index contributed by atoms with van der Waals surface area (Å²) in [6.45, 7) is 2.05. The number of hydrogen-bond donors (Lipinski definition) is 3. The maximum absolute atomic E-state index is 15.2. The van der Waals surface area contributed by atoms with E-state index in [1.54, 1.807) is 18.9 Å². The number of benzene rings is 4. The standard InChI is InChI=1S/C42H48N4O4/c1-30(43-2)39(47)44-35-25-28-50-36-29-42(26-23-31-15-7-3-8-16-31,27-24-32-17-9-4-10-18-32)38(46(36)41(35)49)40(48)45-37(33-19-11-5-12-20-33)34-21-13-6-14-22-34/h3-22,30,35-38,43H,23-29H2,1-2H3,(H,44,47)(H,45,48)/t30-,35-,36?,38?/m0/s1. The van der Waals surface area contributed by atoms with Crippen molar-refractivity contribution in [3.63, 3.8) is 0 Å². The van der Waals surface area contributed by atoms with Crippen molar-refractivity contribution in [1.82, 2.24) is 20.9 Å². The van der Waals surface area contributed by atoms with Crippen LogP contribution in [-0.2, 0) is 32.0 Å². The van der Waals surface area contributed by atoms with Gasteiger partial charge in [-0.1, -0.05) is 121 Å². The number of fused-ring (bicyclic) bond motifs is 1. The fourth-order valence-corrected chi connectivity index (χ4v) is 7.57. The van der Waals surface area contributed by atoms with Gasteiger partial charge < -0.3 is 25.6 Å². The molecule has 0 aromatic heterocycles. The van der Waals surface area contributed by atoms with E-state index in [0.29, 0.717) is 32.3 Å². The third-order valence-corrected chi connectivity index (χ3v) is 10.5. The first-order valence-corrected chi connectivity index (χ1v) is 17.8. The second-order valence-electron chi connectivity index (χ2n) is 13.6. The van der Waals surface area contributed by atoms with Crippen LogP contribution >= 0.6 is 0 Å². The molecule has 2 unspecified atom stereocenters. The van der Waals surface area contributed by atoms with E-state index in [9.17, 15) is 9.59 Å². The van der Waals surface area contributed by atoms with Crippen LogP contribution in [0.1, 0.15) is 60.9 Å². The average molecular weight is 673 g/mol. The van der Waals surface area contributed by atoms with Crippen LogP contribution in [0.5, 0.6) is 0 Å². The first-order chi connectivity index (χ1) is 24.4. The number of likely N-dealkylation sites (N-methyl/N-ethyl adjacent to an activating group) is 1. The molecule has 8 heteroatoms. The van der Waals surface area contributed by atoms with Crippen LogP contribution in [0.4, 0.5) is 0 Å². The van der Waals surface area contributed by atoms with Gasteiger partial charge in [0, 0.05) is 18.3 Å². The quantitative estimate of drug-likeness (QED) is 0.172. The Morgan fingerprint density at radius 1 is 0.800 bits per heavy atom. The molecule has 4 aromatic carbocycles. The van der Waals surface area contributed by atoms with Crippen LogP contribution in [-0.4, -0.2) is 60.6 Å². The van der Waals surface area contributed by atoms with Gasteiger partial charge in [0.05, 0.1) is 18.7 Å². The highest BCUT2D eigenvalue weighted by Gasteiger charge is 2.58. The van der Waals surface area contributed by atoms with Crippen molar-refractivity contribution in [3.05, 3.63) is 144 Å². The highest BCUT2D eigenvalue weighted by atomic mass is 16.5. The minimum atomic E-state index is -0.832. The first-order valence-electron chi connectivity index (χ1n) is 17.8. The van der Waals surface area contributed by atoms with Crippen molar-refractivity contribution < 1.29 is 19.1 Å². The molecule has 2 aliphatic rings. The van der Waals surface area contributed by atoms with E-state index < -0.39 is 35.8 Å². The average Bonchev–Trinajstić information content (AvgIpc) is 3.42. The number of nitrogens with one attached hydrogen (secondary N) is 3. The van der Waals surface area contributed by atoms with Crippen LogP contribution in [0.3, 0.4) is 0 Å². The molecule has 3 amide bonds. The zero-order valence-electron chi connectivity index (χ0n) is 29.0. The lowest BCUT2D eigenvalue weighted by Crippen LogP contribution is -2.59. The van der Waals surface area contributed by atoms with E-state index in [1.165, 1.54) is 11.1 Å². The Bertz CT molecular complexity index is 1620. The molecule has 0 radical (unpaired) electrons. The van der Waals surface area contributed by atoms with E-state index in [1.807, 2.05) is 97.1 Å². The van der Waals surface area contributed by atoms with Gasteiger partial charge in [0.2, 0.25) is 17.7 Å². The SMILES string of the molecule is CN[C@@H](C)C(=O)N[C@H]1CCOC2CC(CCc3ccccc3)(CCc3ccccc3)C(C(=O)NC(c3ccccc3)c3ccccc3)N2C1=O. The normalized spacial score (nSPS) is 20.5. The molecule has 4 atom stereocenters. The molecule has 2 aliphatic heterocycles. The van der Waals surface area contributed by atoms with Gasteiger partial charge >= 0.3 is 0 Å². The van der Waals surface area contributed by atoms with Crippen LogP contribution < -0.4 is 16.0 Å². The molecular formula is C42H48N4O4. The van der Waals surface area contributed by atoms with Crippen molar-refractivity contribution in [2.75, 3.05) is 13.7 Å². The summed E-state index contributed by atoms with van der Waals surface area (Å²) < 4.78 is 6.47. The lowest BCUT2D eigenvalue weighted by atomic mass is 9.71. The number of hydrogen-bond acceptors (Lipinski definition) is 5. The summed E-state index contributed by atoms with van der Waals surface area (Å²) in [6, 6.07) is 37.9. The minimum Gasteiger partial charge on any atom is -0.358 e. The smallest absolute Gasteiger partial charge is 0.247 e. The molecule has 2 heterocycles. The van der Waals surface area contributed by atoms with Crippen molar-refractivity contribution in [2.24, 2.45) is 5.41 Å². The summed E-state index contributed by atoms with van der Waals surface area (Å²) in [6.07, 6.45) is 3.11. The fraction of sp³-hybridized carbons (Fsp3) is 0.357. The Kier molecular flexibility index (Phi) is 11.4. The molecule has 0 saturated carbocycles. The number of carbonyl (C=O) groups is 3. The van der Waals surface area contributed by atoms with Gasteiger partial charge in [0.1, 0.15) is 18.3 Å². The molecule has 0 bridgehead atoms. The van der Waals surface area contributed by atoms with Crippen molar-refractivity contribution in [1.29, 1.82) is 0 Å². The molecule has 0 aliphatic carbocycles. The van der Waals surface area contributed by atoms with E-state index in [0.717, 1.165) is 24.0 Å². The molecule has 3 N–H and O–H groups in total. The predicted octanol–water partition coefficient (Wildman–Crippen LogP) is 5.58. The number of carbonyl (C=O) groups excluding carboxylic acids is 3. The number of nitrogens with zero attached hydrogens (tertiary/aromatic N) is 1. The largest absolute Gasteiger partial charge is 0.358 e. The summed E-state index contributed by atoms with van der Waals surface area (Å²) >= 11 is 0. The van der Waals surface area contributed by atoms with Crippen molar-refractivity contribution in [3.8, 4) is 0 Å². The van der Waals surface area contributed by atoms with Gasteiger partial charge in [-0.15, -0.1) is 0 Å². The van der Waals surface area contributed by atoms with Crippen LogP contribution in [0, 0.1) is 5.41 Å². The van der Waals surface area contributed by atoms with Crippen molar-refractivity contribution in [2.45, 2.75) is 75.8 Å². The highest BCUT2D eigenvalue weighted by molar-refractivity contribution is 5.94. The molecule has 8 nitrogen and oxygen atoms in total. The van der Waals surface area contributed by atoms with Crippen LogP contribution in [0.25, 0.3) is 0 Å². The molecule has 6 rings (SSSR count). The summed E-state index contributed by atoms with van der Waals surface area (Å²) in [5.74, 6) is -0.766. The van der Waals surface area contributed by atoms with Gasteiger partial charge in [-0.25, -0.2) is 0 Å². The Morgan fingerprint density at radius 2 is 1.30 bits per heavy atom. The van der Waals surface area contributed by atoms with Gasteiger partial charge in [-0.05, 0) is 61.9 Å². The number of amides is 3. The molecule has 0 spiro atoms.